The van der Waals surface area contributed by atoms with E-state index in [0.29, 0.717) is 6.61 Å². The summed E-state index contributed by atoms with van der Waals surface area (Å²) in [5.74, 6) is 0. The molecule has 0 spiro atoms. The summed E-state index contributed by atoms with van der Waals surface area (Å²) in [6.07, 6.45) is 8.04. The molecule has 106 valence electrons. The molecule has 0 atom stereocenters. The van der Waals surface area contributed by atoms with Gasteiger partial charge in [0.1, 0.15) is 8.07 Å². The van der Waals surface area contributed by atoms with Gasteiger partial charge >= 0.3 is 0 Å². The summed E-state index contributed by atoms with van der Waals surface area (Å²) >= 11 is 0. The van der Waals surface area contributed by atoms with Crippen molar-refractivity contribution < 1.29 is 5.11 Å². The number of aliphatic hydroxyl groups is 1. The van der Waals surface area contributed by atoms with E-state index in [9.17, 15) is 0 Å². The topological polar surface area (TPSA) is 20.2 Å². The van der Waals surface area contributed by atoms with Crippen molar-refractivity contribution in [3.05, 3.63) is 41.6 Å². The molecular weight excluding hydrogens is 248 g/mol. The third-order valence-electron chi connectivity index (χ3n) is 3.85. The Morgan fingerprint density at radius 2 is 1.84 bits per heavy atom. The lowest BCUT2D eigenvalue weighted by molar-refractivity contribution is 0.289. The average molecular weight is 276 g/mol. The lowest BCUT2D eigenvalue weighted by atomic mass is 10.2. The number of hydrogen-bond acceptors (Lipinski definition) is 1. The second-order valence-corrected chi connectivity index (χ2v) is 10.2. The van der Waals surface area contributed by atoms with Crippen molar-refractivity contribution in [1.29, 1.82) is 0 Å². The fourth-order valence-electron chi connectivity index (χ4n) is 2.44. The number of benzene rings is 1. The molecule has 0 fully saturated rings. The van der Waals surface area contributed by atoms with Crippen molar-refractivity contribution in [3.63, 3.8) is 0 Å². The van der Waals surface area contributed by atoms with E-state index < -0.39 is 8.07 Å². The van der Waals surface area contributed by atoms with Crippen LogP contribution in [0.2, 0.25) is 13.1 Å². The van der Waals surface area contributed by atoms with E-state index in [-0.39, 0.29) is 0 Å². The van der Waals surface area contributed by atoms with Crippen LogP contribution in [0.4, 0.5) is 0 Å². The van der Waals surface area contributed by atoms with Crippen LogP contribution in [0, 0.1) is 0 Å². The maximum atomic E-state index is 8.96. The van der Waals surface area contributed by atoms with Gasteiger partial charge in [-0.05, 0) is 19.3 Å². The van der Waals surface area contributed by atoms with Gasteiger partial charge in [-0.25, -0.2) is 0 Å². The number of allylic oxidation sites excluding steroid dienone is 2. The van der Waals surface area contributed by atoms with E-state index in [1.165, 1.54) is 24.4 Å². The van der Waals surface area contributed by atoms with Crippen LogP contribution in [-0.4, -0.2) is 19.8 Å². The summed E-state index contributed by atoms with van der Waals surface area (Å²) in [4.78, 5) is 0. The molecule has 0 heterocycles. The highest BCUT2D eigenvalue weighted by atomic mass is 28.3. The van der Waals surface area contributed by atoms with Crippen LogP contribution >= 0.6 is 0 Å². The highest BCUT2D eigenvalue weighted by molar-refractivity contribution is 6.95. The summed E-state index contributed by atoms with van der Waals surface area (Å²) in [6, 6.07) is 10.9. The van der Waals surface area contributed by atoms with Crippen LogP contribution in [0.25, 0.3) is 0 Å². The Kier molecular flexibility index (Phi) is 7.10. The Labute approximate surface area is 119 Å². The van der Waals surface area contributed by atoms with Gasteiger partial charge in [-0.1, -0.05) is 79.7 Å². The highest BCUT2D eigenvalue weighted by Crippen LogP contribution is 2.22. The van der Waals surface area contributed by atoms with Crippen molar-refractivity contribution in [1.82, 2.24) is 0 Å². The number of unbranched alkanes of at least 4 members (excludes halogenated alkanes) is 2. The lowest BCUT2D eigenvalue weighted by Crippen LogP contribution is -2.43. The van der Waals surface area contributed by atoms with Crippen LogP contribution in [0.5, 0.6) is 0 Å². The van der Waals surface area contributed by atoms with Crippen molar-refractivity contribution in [2.24, 2.45) is 0 Å². The minimum Gasteiger partial charge on any atom is -0.396 e. The van der Waals surface area contributed by atoms with E-state index in [2.05, 4.69) is 56.4 Å². The second kappa shape index (κ2) is 8.34. The maximum absolute atomic E-state index is 8.96. The van der Waals surface area contributed by atoms with Gasteiger partial charge in [0.25, 0.3) is 0 Å². The number of hydrogen-bond donors (Lipinski definition) is 1. The van der Waals surface area contributed by atoms with Gasteiger partial charge in [0.05, 0.1) is 0 Å². The molecule has 1 rings (SSSR count). The van der Waals surface area contributed by atoms with Crippen molar-refractivity contribution in [2.45, 2.75) is 52.1 Å². The third-order valence-corrected chi connectivity index (χ3v) is 7.69. The molecular formula is C17H28OSi. The molecule has 0 unspecified atom stereocenters. The smallest absolute Gasteiger partial charge is 0.107 e. The minimum atomic E-state index is -1.52. The third kappa shape index (κ3) is 4.96. The zero-order chi connectivity index (χ0) is 14.1. The molecule has 2 heteroatoms. The molecule has 0 saturated carbocycles. The molecule has 0 aliphatic heterocycles. The fraction of sp³-hybridized carbons (Fsp3) is 0.529. The Bertz CT molecular complexity index is 382. The van der Waals surface area contributed by atoms with E-state index in [1.54, 1.807) is 5.20 Å². The van der Waals surface area contributed by atoms with Gasteiger partial charge in [0, 0.05) is 6.61 Å². The zero-order valence-corrected chi connectivity index (χ0v) is 13.7. The molecule has 19 heavy (non-hydrogen) atoms. The molecule has 1 nitrogen and oxygen atoms in total. The summed E-state index contributed by atoms with van der Waals surface area (Å²) in [7, 11) is -1.52. The molecule has 0 bridgehead atoms. The maximum Gasteiger partial charge on any atom is 0.107 e. The zero-order valence-electron chi connectivity index (χ0n) is 12.7. The molecule has 0 aromatic heterocycles. The SMILES string of the molecule is CCCC/C(=C\CCCO)[Si](C)(C)c1ccccc1. The summed E-state index contributed by atoms with van der Waals surface area (Å²) in [6.45, 7) is 7.44. The van der Waals surface area contributed by atoms with E-state index in [1.807, 2.05) is 0 Å². The highest BCUT2D eigenvalue weighted by Gasteiger charge is 2.27. The van der Waals surface area contributed by atoms with E-state index in [0.717, 1.165) is 12.8 Å². The van der Waals surface area contributed by atoms with Gasteiger partial charge in [-0.3, -0.25) is 0 Å². The molecule has 1 aromatic carbocycles. The summed E-state index contributed by atoms with van der Waals surface area (Å²) in [5.41, 5.74) is 0. The quantitative estimate of drug-likeness (QED) is 0.561. The van der Waals surface area contributed by atoms with Gasteiger partial charge in [-0.2, -0.15) is 0 Å². The first-order valence-corrected chi connectivity index (χ1v) is 10.5. The van der Waals surface area contributed by atoms with Crippen LogP contribution in [0.1, 0.15) is 39.0 Å². The van der Waals surface area contributed by atoms with E-state index in [4.69, 9.17) is 5.11 Å². The van der Waals surface area contributed by atoms with Crippen LogP contribution < -0.4 is 5.19 Å². The molecule has 0 amide bonds. The summed E-state index contributed by atoms with van der Waals surface area (Å²) in [5, 5.41) is 12.1. The molecule has 0 saturated heterocycles. The van der Waals surface area contributed by atoms with Crippen molar-refractivity contribution in [3.8, 4) is 0 Å². The van der Waals surface area contributed by atoms with Gasteiger partial charge in [0.15, 0.2) is 0 Å². The first kappa shape index (κ1) is 16.2. The molecule has 1 aromatic rings. The predicted octanol–water partition coefficient (Wildman–Crippen LogP) is 4.03. The second-order valence-electron chi connectivity index (χ2n) is 5.69. The Morgan fingerprint density at radius 3 is 2.42 bits per heavy atom. The van der Waals surface area contributed by atoms with Gasteiger partial charge in [0.2, 0.25) is 0 Å². The van der Waals surface area contributed by atoms with Gasteiger partial charge < -0.3 is 5.11 Å². The molecule has 1 N–H and O–H groups in total. The average Bonchev–Trinajstić information content (AvgIpc) is 2.43. The normalized spacial score (nSPS) is 12.7. The number of aliphatic hydroxyl groups excluding tert-OH is 1. The van der Waals surface area contributed by atoms with Crippen LogP contribution in [0.3, 0.4) is 0 Å². The van der Waals surface area contributed by atoms with Crippen molar-refractivity contribution in [2.75, 3.05) is 6.61 Å². The fourth-order valence-corrected chi connectivity index (χ4v) is 5.30. The summed E-state index contributed by atoms with van der Waals surface area (Å²) < 4.78 is 0. The molecule has 0 aliphatic rings. The molecule has 0 radical (unpaired) electrons. The van der Waals surface area contributed by atoms with Crippen molar-refractivity contribution >= 4 is 13.3 Å². The van der Waals surface area contributed by atoms with Crippen LogP contribution in [0.15, 0.2) is 41.6 Å². The Balaban J connectivity index is 2.91. The largest absolute Gasteiger partial charge is 0.396 e. The van der Waals surface area contributed by atoms with E-state index >= 15 is 0 Å². The standard InChI is InChI=1S/C17H28OSi/c1-4-5-11-16(14-9-10-15-18)19(2,3)17-12-7-6-8-13-17/h6-8,12-14,18H,4-5,9-11,15H2,1-3H3/b16-14+. The number of rotatable bonds is 8. The Hall–Kier alpha value is -0.863. The first-order valence-electron chi connectivity index (χ1n) is 7.48. The predicted molar refractivity (Wildman–Crippen MR) is 87.5 cm³/mol. The van der Waals surface area contributed by atoms with Gasteiger partial charge in [-0.15, -0.1) is 0 Å². The monoisotopic (exact) mass is 276 g/mol. The lowest BCUT2D eigenvalue weighted by Gasteiger charge is -2.27. The Morgan fingerprint density at radius 1 is 1.16 bits per heavy atom. The first-order chi connectivity index (χ1) is 9.12. The molecule has 0 aliphatic carbocycles. The van der Waals surface area contributed by atoms with Crippen LogP contribution in [-0.2, 0) is 0 Å². The minimum absolute atomic E-state index is 0.297.